The summed E-state index contributed by atoms with van der Waals surface area (Å²) in [6, 6.07) is 13.4. The first kappa shape index (κ1) is 18.1. The van der Waals surface area contributed by atoms with Crippen LogP contribution in [-0.4, -0.2) is 24.2 Å². The topological polar surface area (TPSA) is 93.5 Å². The van der Waals surface area contributed by atoms with Crippen LogP contribution < -0.4 is 10.1 Å². The van der Waals surface area contributed by atoms with Crippen molar-refractivity contribution in [3.05, 3.63) is 53.4 Å². The van der Waals surface area contributed by atoms with Gasteiger partial charge in [0.15, 0.2) is 5.76 Å². The fourth-order valence-electron chi connectivity index (χ4n) is 2.99. The van der Waals surface area contributed by atoms with Gasteiger partial charge >= 0.3 is 0 Å². The van der Waals surface area contributed by atoms with E-state index in [9.17, 15) is 5.26 Å². The van der Waals surface area contributed by atoms with E-state index in [4.69, 9.17) is 18.3 Å². The molecule has 1 atom stereocenters. The predicted molar refractivity (Wildman–Crippen MR) is 102 cm³/mol. The van der Waals surface area contributed by atoms with Gasteiger partial charge < -0.3 is 23.6 Å². The molecule has 7 heteroatoms. The molecule has 144 valence electrons. The maximum atomic E-state index is 9.31. The Kier molecular flexibility index (Phi) is 5.31. The van der Waals surface area contributed by atoms with Crippen molar-refractivity contribution in [1.82, 2.24) is 4.98 Å². The van der Waals surface area contributed by atoms with Crippen LogP contribution >= 0.6 is 0 Å². The molecule has 1 N–H and O–H groups in total. The molecule has 0 amide bonds. The molecule has 4 rings (SSSR count). The van der Waals surface area contributed by atoms with Gasteiger partial charge in [0.2, 0.25) is 11.6 Å². The summed E-state index contributed by atoms with van der Waals surface area (Å²) in [5, 5.41) is 12.4. The van der Waals surface area contributed by atoms with Gasteiger partial charge in [0.25, 0.3) is 5.89 Å². The molecular weight excluding hydrogens is 358 g/mol. The quantitative estimate of drug-likeness (QED) is 0.654. The first-order chi connectivity index (χ1) is 13.7. The molecule has 1 aromatic carbocycles. The maximum Gasteiger partial charge on any atom is 0.266 e. The van der Waals surface area contributed by atoms with Crippen LogP contribution in [0.25, 0.3) is 11.7 Å². The van der Waals surface area contributed by atoms with Gasteiger partial charge in [-0.15, -0.1) is 0 Å². The molecule has 0 aliphatic carbocycles. The Morgan fingerprint density at radius 3 is 2.82 bits per heavy atom. The van der Waals surface area contributed by atoms with Gasteiger partial charge in [-0.25, -0.2) is 0 Å². The summed E-state index contributed by atoms with van der Waals surface area (Å²) in [4.78, 5) is 4.22. The van der Waals surface area contributed by atoms with Crippen LogP contribution in [0.5, 0.6) is 5.75 Å². The Morgan fingerprint density at radius 2 is 2.07 bits per heavy atom. The zero-order valence-corrected chi connectivity index (χ0v) is 15.6. The van der Waals surface area contributed by atoms with Crippen LogP contribution in [0.2, 0.25) is 0 Å². The summed E-state index contributed by atoms with van der Waals surface area (Å²) in [5.74, 6) is 2.45. The van der Waals surface area contributed by atoms with Crippen molar-refractivity contribution in [3.63, 3.8) is 0 Å². The lowest BCUT2D eigenvalue weighted by Gasteiger charge is -2.09. The third kappa shape index (κ3) is 4.18. The number of nitrogens with zero attached hydrogens (tertiary/aromatic N) is 2. The highest BCUT2D eigenvalue weighted by atomic mass is 16.5. The zero-order valence-electron chi connectivity index (χ0n) is 15.6. The minimum Gasteiger partial charge on any atom is -0.486 e. The van der Waals surface area contributed by atoms with Gasteiger partial charge in [-0.1, -0.05) is 17.7 Å². The first-order valence-corrected chi connectivity index (χ1v) is 9.26. The van der Waals surface area contributed by atoms with Crippen molar-refractivity contribution < 1.29 is 18.3 Å². The van der Waals surface area contributed by atoms with Crippen molar-refractivity contribution in [2.24, 2.45) is 0 Å². The van der Waals surface area contributed by atoms with E-state index in [1.807, 2.05) is 37.3 Å². The van der Waals surface area contributed by atoms with Crippen molar-refractivity contribution in [2.45, 2.75) is 32.5 Å². The van der Waals surface area contributed by atoms with Crippen molar-refractivity contribution in [1.29, 1.82) is 5.26 Å². The van der Waals surface area contributed by atoms with Crippen LogP contribution in [0.4, 0.5) is 5.88 Å². The SMILES string of the molecule is Cc1ccc(OCc2ccc(-c3nc(C#N)c(NCC4CCCO4)o3)o2)cc1. The highest BCUT2D eigenvalue weighted by Crippen LogP contribution is 2.28. The highest BCUT2D eigenvalue weighted by molar-refractivity contribution is 5.54. The van der Waals surface area contributed by atoms with Gasteiger partial charge in [0, 0.05) is 13.2 Å². The fraction of sp³-hybridized carbons (Fsp3) is 0.333. The lowest BCUT2D eigenvalue weighted by molar-refractivity contribution is 0.120. The van der Waals surface area contributed by atoms with E-state index in [1.54, 1.807) is 12.1 Å². The molecule has 3 aromatic rings. The number of hydrogen-bond acceptors (Lipinski definition) is 7. The molecule has 28 heavy (non-hydrogen) atoms. The average molecular weight is 379 g/mol. The van der Waals surface area contributed by atoms with Gasteiger partial charge in [-0.3, -0.25) is 0 Å². The number of furan rings is 1. The average Bonchev–Trinajstić information content (AvgIpc) is 3.45. The van der Waals surface area contributed by atoms with Gasteiger partial charge in [-0.05, 0) is 44.0 Å². The zero-order chi connectivity index (χ0) is 19.3. The molecule has 0 radical (unpaired) electrons. The third-order valence-electron chi connectivity index (χ3n) is 4.52. The standard InChI is InChI=1S/C21H21N3O4/c1-14-4-6-15(7-5-14)26-13-17-8-9-19(27-17)21-24-18(11-22)20(28-21)23-12-16-3-2-10-25-16/h4-9,16,23H,2-3,10,12-13H2,1H3. The number of benzene rings is 1. The van der Waals surface area contributed by atoms with E-state index in [1.165, 1.54) is 5.56 Å². The molecule has 1 unspecified atom stereocenters. The number of aromatic nitrogens is 1. The van der Waals surface area contributed by atoms with Crippen molar-refractivity contribution in [2.75, 3.05) is 18.5 Å². The minimum atomic E-state index is 0.134. The summed E-state index contributed by atoms with van der Waals surface area (Å²) >= 11 is 0. The predicted octanol–water partition coefficient (Wildman–Crippen LogP) is 4.28. The number of nitriles is 1. The Labute approximate surface area is 162 Å². The molecule has 1 aliphatic rings. The van der Waals surface area contributed by atoms with Crippen LogP contribution in [0.3, 0.4) is 0 Å². The smallest absolute Gasteiger partial charge is 0.266 e. The van der Waals surface area contributed by atoms with Gasteiger partial charge in [0.05, 0.1) is 6.10 Å². The Morgan fingerprint density at radius 1 is 1.21 bits per heavy atom. The second-order valence-corrected chi connectivity index (χ2v) is 6.69. The van der Waals surface area contributed by atoms with Gasteiger partial charge in [0.1, 0.15) is 24.2 Å². The summed E-state index contributed by atoms with van der Waals surface area (Å²) in [6.07, 6.45) is 2.19. The Balaban J connectivity index is 1.41. The number of ether oxygens (including phenoxy) is 2. The van der Waals surface area contributed by atoms with E-state index in [0.29, 0.717) is 30.6 Å². The van der Waals surface area contributed by atoms with E-state index in [2.05, 4.69) is 10.3 Å². The van der Waals surface area contributed by atoms with Gasteiger partial charge in [-0.2, -0.15) is 10.2 Å². The molecule has 1 saturated heterocycles. The van der Waals surface area contributed by atoms with E-state index >= 15 is 0 Å². The summed E-state index contributed by atoms with van der Waals surface area (Å²) in [5.41, 5.74) is 1.37. The van der Waals surface area contributed by atoms with E-state index in [-0.39, 0.29) is 17.7 Å². The number of aryl methyl sites for hydroxylation is 1. The lowest BCUT2D eigenvalue weighted by atomic mass is 10.2. The Bertz CT molecular complexity index is 962. The van der Waals surface area contributed by atoms with Crippen LogP contribution in [0.15, 0.2) is 45.2 Å². The largest absolute Gasteiger partial charge is 0.486 e. The summed E-state index contributed by atoms with van der Waals surface area (Å²) in [6.45, 7) is 3.67. The molecule has 1 fully saturated rings. The van der Waals surface area contributed by atoms with Crippen molar-refractivity contribution >= 4 is 5.88 Å². The molecule has 2 aromatic heterocycles. The molecule has 0 saturated carbocycles. The van der Waals surface area contributed by atoms with Crippen LogP contribution in [0.1, 0.15) is 29.9 Å². The number of hydrogen-bond donors (Lipinski definition) is 1. The molecule has 3 heterocycles. The number of oxazole rings is 1. The number of anilines is 1. The fourth-order valence-corrected chi connectivity index (χ4v) is 2.99. The first-order valence-electron chi connectivity index (χ1n) is 9.26. The minimum absolute atomic E-state index is 0.134. The van der Waals surface area contributed by atoms with Crippen molar-refractivity contribution in [3.8, 4) is 23.5 Å². The highest BCUT2D eigenvalue weighted by Gasteiger charge is 2.20. The second kappa shape index (κ2) is 8.19. The van der Waals surface area contributed by atoms with E-state index < -0.39 is 0 Å². The third-order valence-corrected chi connectivity index (χ3v) is 4.52. The van der Waals surface area contributed by atoms with E-state index in [0.717, 1.165) is 25.2 Å². The molecule has 1 aliphatic heterocycles. The molecule has 0 spiro atoms. The normalized spacial score (nSPS) is 16.1. The number of nitrogens with one attached hydrogen (secondary N) is 1. The summed E-state index contributed by atoms with van der Waals surface area (Å²) in [7, 11) is 0. The summed E-state index contributed by atoms with van der Waals surface area (Å²) < 4.78 is 22.8. The maximum absolute atomic E-state index is 9.31. The molecular formula is C21H21N3O4. The lowest BCUT2D eigenvalue weighted by Crippen LogP contribution is -2.18. The number of rotatable bonds is 7. The second-order valence-electron chi connectivity index (χ2n) is 6.69. The molecule has 7 nitrogen and oxygen atoms in total. The monoisotopic (exact) mass is 379 g/mol. The molecule has 0 bridgehead atoms. The Hall–Kier alpha value is -3.24. The van der Waals surface area contributed by atoms with Crippen LogP contribution in [-0.2, 0) is 11.3 Å². The van der Waals surface area contributed by atoms with Crippen LogP contribution in [0, 0.1) is 18.3 Å².